The highest BCUT2D eigenvalue weighted by molar-refractivity contribution is 6.30. The van der Waals surface area contributed by atoms with Crippen LogP contribution in [0.3, 0.4) is 0 Å². The molecule has 0 radical (unpaired) electrons. The largest absolute Gasteiger partial charge is 0.465 e. The monoisotopic (exact) mass is 358 g/mol. The van der Waals surface area contributed by atoms with E-state index in [4.69, 9.17) is 11.6 Å². The first kappa shape index (κ1) is 17.8. The number of hydrogen-bond acceptors (Lipinski definition) is 2. The molecule has 4 nitrogen and oxygen atoms in total. The Kier molecular flexibility index (Phi) is 5.02. The molecule has 1 aliphatic rings. The number of carbonyl (C=O) groups is 1. The first-order valence-corrected chi connectivity index (χ1v) is 8.76. The summed E-state index contributed by atoms with van der Waals surface area (Å²) in [5, 5.41) is 10.3. The third-order valence-corrected chi connectivity index (χ3v) is 5.56. The second-order valence-electron chi connectivity index (χ2n) is 6.96. The van der Waals surface area contributed by atoms with Crippen molar-refractivity contribution in [2.24, 2.45) is 0 Å². The van der Waals surface area contributed by atoms with Crippen molar-refractivity contribution in [2.45, 2.75) is 24.9 Å². The van der Waals surface area contributed by atoms with Crippen LogP contribution in [0.15, 0.2) is 54.6 Å². The van der Waals surface area contributed by atoms with Crippen LogP contribution in [0.1, 0.15) is 24.0 Å². The fourth-order valence-corrected chi connectivity index (χ4v) is 3.89. The molecule has 2 aromatic carbocycles. The zero-order chi connectivity index (χ0) is 18.0. The summed E-state index contributed by atoms with van der Waals surface area (Å²) in [7, 11) is 1.66. The molecule has 0 unspecified atom stereocenters. The topological polar surface area (TPSA) is 43.8 Å². The first-order valence-electron chi connectivity index (χ1n) is 8.38. The fourth-order valence-electron chi connectivity index (χ4n) is 3.76. The summed E-state index contributed by atoms with van der Waals surface area (Å²) in [6, 6.07) is 18.0. The van der Waals surface area contributed by atoms with E-state index in [2.05, 4.69) is 17.0 Å². The molecule has 1 heterocycles. The number of amides is 1. The van der Waals surface area contributed by atoms with E-state index in [9.17, 15) is 9.90 Å². The smallest absolute Gasteiger partial charge is 0.407 e. The molecule has 132 valence electrons. The molecule has 0 saturated carbocycles. The molecule has 2 aromatic rings. The lowest BCUT2D eigenvalue weighted by Gasteiger charge is -2.38. The molecule has 1 aliphatic heterocycles. The van der Waals surface area contributed by atoms with Crippen LogP contribution in [0, 0.1) is 0 Å². The lowest BCUT2D eigenvalue weighted by Crippen LogP contribution is -2.51. The van der Waals surface area contributed by atoms with Gasteiger partial charge < -0.3 is 10.0 Å². The molecule has 0 aliphatic carbocycles. The van der Waals surface area contributed by atoms with Crippen molar-refractivity contribution in [1.82, 2.24) is 9.80 Å². The van der Waals surface area contributed by atoms with Crippen molar-refractivity contribution in [3.63, 3.8) is 0 Å². The minimum absolute atomic E-state index is 0.0922. The van der Waals surface area contributed by atoms with Crippen molar-refractivity contribution in [1.29, 1.82) is 0 Å². The van der Waals surface area contributed by atoms with Crippen LogP contribution < -0.4 is 0 Å². The van der Waals surface area contributed by atoms with E-state index in [1.165, 1.54) is 10.5 Å². The van der Waals surface area contributed by atoms with Gasteiger partial charge in [-0.05, 0) is 30.2 Å². The van der Waals surface area contributed by atoms with Gasteiger partial charge in [-0.15, -0.1) is 0 Å². The van der Waals surface area contributed by atoms with Gasteiger partial charge in [0, 0.05) is 37.6 Å². The second kappa shape index (κ2) is 7.06. The van der Waals surface area contributed by atoms with E-state index in [-0.39, 0.29) is 5.92 Å². The van der Waals surface area contributed by atoms with E-state index < -0.39 is 11.6 Å². The van der Waals surface area contributed by atoms with E-state index in [0.29, 0.717) is 11.6 Å². The Labute approximate surface area is 153 Å². The number of benzene rings is 2. The van der Waals surface area contributed by atoms with Gasteiger partial charge in [0.2, 0.25) is 0 Å². The van der Waals surface area contributed by atoms with Crippen LogP contribution in [-0.4, -0.2) is 46.7 Å². The molecule has 25 heavy (non-hydrogen) atoms. The Morgan fingerprint density at radius 2 is 1.88 bits per heavy atom. The number of likely N-dealkylation sites (N-methyl/N-ethyl adjacent to an activating group) is 1. The molecular weight excluding hydrogens is 336 g/mol. The van der Waals surface area contributed by atoms with Gasteiger partial charge in [-0.2, -0.15) is 0 Å². The number of nitrogens with zero attached hydrogens (tertiary/aromatic N) is 2. The minimum Gasteiger partial charge on any atom is -0.465 e. The van der Waals surface area contributed by atoms with Gasteiger partial charge in [0.1, 0.15) is 0 Å². The maximum Gasteiger partial charge on any atom is 0.407 e. The molecule has 1 N–H and O–H groups in total. The van der Waals surface area contributed by atoms with Crippen LogP contribution in [0.4, 0.5) is 4.79 Å². The lowest BCUT2D eigenvalue weighted by molar-refractivity contribution is 0.0971. The van der Waals surface area contributed by atoms with Crippen LogP contribution in [0.5, 0.6) is 0 Å². The molecule has 0 spiro atoms. The van der Waals surface area contributed by atoms with E-state index in [1.807, 2.05) is 49.4 Å². The highest BCUT2D eigenvalue weighted by Gasteiger charge is 2.48. The molecule has 1 amide bonds. The standard InChI is InChI=1S/C20H23ClN2O2/c1-20(22(2)19(24)25)14-23(12-15-6-4-3-5-7-15)13-18(20)16-8-10-17(21)11-9-16/h3-11,18H,12-14H2,1-2H3,(H,24,25)/t18-,20+/m1/s1. The van der Waals surface area contributed by atoms with Gasteiger partial charge in [0.05, 0.1) is 5.54 Å². The zero-order valence-electron chi connectivity index (χ0n) is 14.5. The van der Waals surface area contributed by atoms with Crippen LogP contribution in [0.2, 0.25) is 5.02 Å². The molecule has 5 heteroatoms. The Morgan fingerprint density at radius 3 is 2.48 bits per heavy atom. The summed E-state index contributed by atoms with van der Waals surface area (Å²) in [6.45, 7) is 4.35. The maximum atomic E-state index is 11.7. The van der Waals surface area contributed by atoms with Gasteiger partial charge in [-0.3, -0.25) is 4.90 Å². The third-order valence-electron chi connectivity index (χ3n) is 5.31. The Hall–Kier alpha value is -2.04. The van der Waals surface area contributed by atoms with E-state index >= 15 is 0 Å². The van der Waals surface area contributed by atoms with Crippen LogP contribution in [-0.2, 0) is 6.54 Å². The summed E-state index contributed by atoms with van der Waals surface area (Å²) in [4.78, 5) is 15.5. The quantitative estimate of drug-likeness (QED) is 0.885. The van der Waals surface area contributed by atoms with Crippen LogP contribution >= 0.6 is 11.6 Å². The van der Waals surface area contributed by atoms with Gasteiger partial charge >= 0.3 is 6.09 Å². The molecule has 0 bridgehead atoms. The van der Waals surface area contributed by atoms with Crippen LogP contribution in [0.25, 0.3) is 0 Å². The fraction of sp³-hybridized carbons (Fsp3) is 0.350. The van der Waals surface area contributed by atoms with Gasteiger partial charge in [0.15, 0.2) is 0 Å². The highest BCUT2D eigenvalue weighted by Crippen LogP contribution is 2.40. The normalized spacial score (nSPS) is 23.6. The van der Waals surface area contributed by atoms with Crippen molar-refractivity contribution >= 4 is 17.7 Å². The summed E-state index contributed by atoms with van der Waals surface area (Å²) >= 11 is 6.02. The number of rotatable bonds is 4. The Morgan fingerprint density at radius 1 is 1.24 bits per heavy atom. The Bertz CT molecular complexity index is 735. The van der Waals surface area contributed by atoms with Crippen molar-refractivity contribution in [3.8, 4) is 0 Å². The Balaban J connectivity index is 1.89. The number of hydrogen-bond donors (Lipinski definition) is 1. The van der Waals surface area contributed by atoms with E-state index in [1.54, 1.807) is 7.05 Å². The third kappa shape index (κ3) is 3.65. The molecule has 0 aromatic heterocycles. The summed E-state index contributed by atoms with van der Waals surface area (Å²) in [5.41, 5.74) is 1.86. The maximum absolute atomic E-state index is 11.7. The summed E-state index contributed by atoms with van der Waals surface area (Å²) < 4.78 is 0. The SMILES string of the molecule is CN(C(=O)O)[C@@]1(C)CN(Cc2ccccc2)C[C@@H]1c1ccc(Cl)cc1. The average Bonchev–Trinajstić information content (AvgIpc) is 2.93. The number of likely N-dealkylation sites (tertiary alicyclic amines) is 1. The average molecular weight is 359 g/mol. The molecule has 1 fully saturated rings. The number of carboxylic acid groups (broad SMARTS) is 1. The second-order valence-corrected chi connectivity index (χ2v) is 7.39. The van der Waals surface area contributed by atoms with Gasteiger partial charge in [-0.25, -0.2) is 4.79 Å². The number of halogens is 1. The van der Waals surface area contributed by atoms with Gasteiger partial charge in [0.25, 0.3) is 0 Å². The molecule has 1 saturated heterocycles. The van der Waals surface area contributed by atoms with Gasteiger partial charge in [-0.1, -0.05) is 54.1 Å². The van der Waals surface area contributed by atoms with Crippen molar-refractivity contribution in [2.75, 3.05) is 20.1 Å². The highest BCUT2D eigenvalue weighted by atomic mass is 35.5. The minimum atomic E-state index is -0.900. The summed E-state index contributed by atoms with van der Waals surface area (Å²) in [6.07, 6.45) is -0.900. The summed E-state index contributed by atoms with van der Waals surface area (Å²) in [5.74, 6) is 0.0922. The predicted octanol–water partition coefficient (Wildman–Crippen LogP) is 4.31. The van der Waals surface area contributed by atoms with Crippen molar-refractivity contribution in [3.05, 3.63) is 70.7 Å². The predicted molar refractivity (Wildman–Crippen MR) is 100 cm³/mol. The van der Waals surface area contributed by atoms with E-state index in [0.717, 1.165) is 18.7 Å². The first-order chi connectivity index (χ1) is 11.9. The molecule has 3 rings (SSSR count). The molecule has 2 atom stereocenters. The zero-order valence-corrected chi connectivity index (χ0v) is 15.3. The molecular formula is C20H23ClN2O2. The lowest BCUT2D eigenvalue weighted by atomic mass is 9.82. The van der Waals surface area contributed by atoms with Crippen molar-refractivity contribution < 1.29 is 9.90 Å².